The summed E-state index contributed by atoms with van der Waals surface area (Å²) in [6, 6.07) is -0.837. The van der Waals surface area contributed by atoms with E-state index in [1.165, 1.54) is 109 Å². The van der Waals surface area contributed by atoms with Crippen LogP contribution < -0.4 is 5.32 Å². The van der Waals surface area contributed by atoms with Gasteiger partial charge in [0.05, 0.1) is 32.0 Å². The fraction of sp³-hybridized carbons (Fsp3) is 0.846. The maximum Gasteiger partial charge on any atom is 0.305 e. The van der Waals surface area contributed by atoms with Crippen molar-refractivity contribution in [2.45, 2.75) is 262 Å². The second-order valence-electron chi connectivity index (χ2n) is 17.9. The van der Waals surface area contributed by atoms with Crippen LogP contribution in [0.25, 0.3) is 0 Å². The van der Waals surface area contributed by atoms with Gasteiger partial charge in [-0.3, -0.25) is 9.59 Å². The number of aliphatic hydroxyl groups excluding tert-OH is 5. The van der Waals surface area contributed by atoms with Crippen molar-refractivity contribution < 1.29 is 49.3 Å². The topological polar surface area (TPSA) is 175 Å². The Morgan fingerprint density at radius 1 is 0.571 bits per heavy atom. The molecule has 7 unspecified atom stereocenters. The third-order valence-electron chi connectivity index (χ3n) is 12.0. The number of amides is 1. The summed E-state index contributed by atoms with van der Waals surface area (Å²) < 4.78 is 16.6. The Balaban J connectivity index is 2.15. The van der Waals surface area contributed by atoms with Crippen LogP contribution in [0.15, 0.2) is 36.5 Å². The van der Waals surface area contributed by atoms with E-state index in [2.05, 4.69) is 43.5 Å². The SMILES string of the molecule is CCCCC/C=C/CC/C=C/C(O)C(COC1OC(CO)C(O)C(O)C1O)NC(=O)CCCCCCCCC/C=C\CCCCCCOC(=O)CCCCCCCCCCCCC. The van der Waals surface area contributed by atoms with Crippen LogP contribution in [0.4, 0.5) is 0 Å². The predicted octanol–water partition coefficient (Wildman–Crippen LogP) is 10.4. The van der Waals surface area contributed by atoms with Gasteiger partial charge in [0.1, 0.15) is 24.4 Å². The molecule has 0 bridgehead atoms. The fourth-order valence-corrected chi connectivity index (χ4v) is 7.80. The molecule has 1 aliphatic heterocycles. The van der Waals surface area contributed by atoms with Gasteiger partial charge >= 0.3 is 5.97 Å². The Morgan fingerprint density at radius 3 is 1.60 bits per heavy atom. The lowest BCUT2D eigenvalue weighted by molar-refractivity contribution is -0.302. The predicted molar refractivity (Wildman–Crippen MR) is 255 cm³/mol. The van der Waals surface area contributed by atoms with Crippen LogP contribution in [0.1, 0.15) is 219 Å². The zero-order chi connectivity index (χ0) is 46.0. The Morgan fingerprint density at radius 2 is 1.03 bits per heavy atom. The molecule has 1 aliphatic rings. The van der Waals surface area contributed by atoms with Gasteiger partial charge in [-0.15, -0.1) is 0 Å². The van der Waals surface area contributed by atoms with Gasteiger partial charge in [-0.2, -0.15) is 0 Å². The first-order valence-electron chi connectivity index (χ1n) is 25.8. The van der Waals surface area contributed by atoms with Crippen molar-refractivity contribution in [3.8, 4) is 0 Å². The van der Waals surface area contributed by atoms with Crippen LogP contribution in [-0.4, -0.2) is 100 Å². The number of ether oxygens (including phenoxy) is 3. The minimum Gasteiger partial charge on any atom is -0.466 e. The number of esters is 1. The molecule has 0 aromatic rings. The standard InChI is InChI=1S/C52H95NO10/c1-3-5-7-9-11-13-19-24-28-32-36-40-48(57)61-41-37-33-29-25-21-18-16-14-15-17-20-23-27-31-35-39-47(56)53-44(45(55)38-34-30-26-22-12-10-8-6-4-2)43-62-52-51(60)50(59)49(58)46(42-54)63-52/h12,16,18,22,34,38,44-46,49-52,54-55,58-60H,3-11,13-15,17,19-21,23-33,35-37,39-43H2,1-2H3,(H,53,56)/b18-16-,22-12+,38-34+. The highest BCUT2D eigenvalue weighted by Gasteiger charge is 2.44. The summed E-state index contributed by atoms with van der Waals surface area (Å²) in [7, 11) is 0. The molecule has 1 rings (SSSR count). The normalized spacial score (nSPS) is 20.3. The fourth-order valence-electron chi connectivity index (χ4n) is 7.80. The van der Waals surface area contributed by atoms with Crippen molar-refractivity contribution in [1.82, 2.24) is 5.32 Å². The third-order valence-corrected chi connectivity index (χ3v) is 12.0. The zero-order valence-corrected chi connectivity index (χ0v) is 40.0. The Labute approximate surface area is 383 Å². The molecule has 0 aromatic heterocycles. The van der Waals surface area contributed by atoms with Gasteiger partial charge in [-0.25, -0.2) is 0 Å². The van der Waals surface area contributed by atoms with Crippen LogP contribution in [0.3, 0.4) is 0 Å². The summed E-state index contributed by atoms with van der Waals surface area (Å²) in [5.41, 5.74) is 0. The van der Waals surface area contributed by atoms with Crippen molar-refractivity contribution in [3.63, 3.8) is 0 Å². The van der Waals surface area contributed by atoms with Gasteiger partial charge in [0.2, 0.25) is 5.91 Å². The van der Waals surface area contributed by atoms with Crippen molar-refractivity contribution in [3.05, 3.63) is 36.5 Å². The molecule has 1 fully saturated rings. The molecule has 0 saturated carbocycles. The van der Waals surface area contributed by atoms with E-state index in [1.54, 1.807) is 6.08 Å². The number of allylic oxidation sites excluding steroid dienone is 5. The lowest BCUT2D eigenvalue weighted by Gasteiger charge is -2.40. The number of hydrogen-bond donors (Lipinski definition) is 6. The molecule has 63 heavy (non-hydrogen) atoms. The van der Waals surface area contributed by atoms with E-state index in [-0.39, 0.29) is 18.5 Å². The lowest BCUT2D eigenvalue weighted by atomic mass is 9.99. The van der Waals surface area contributed by atoms with Crippen LogP contribution in [-0.2, 0) is 23.8 Å². The van der Waals surface area contributed by atoms with Gasteiger partial charge in [-0.05, 0) is 70.6 Å². The third kappa shape index (κ3) is 33.1. The van der Waals surface area contributed by atoms with Gasteiger partial charge in [0, 0.05) is 12.8 Å². The highest BCUT2D eigenvalue weighted by Crippen LogP contribution is 2.23. The first-order chi connectivity index (χ1) is 30.7. The second kappa shape index (κ2) is 42.5. The molecule has 0 radical (unpaired) electrons. The first kappa shape index (κ1) is 58.9. The summed E-state index contributed by atoms with van der Waals surface area (Å²) in [6.45, 7) is 4.20. The van der Waals surface area contributed by atoms with Crippen molar-refractivity contribution in [2.24, 2.45) is 0 Å². The molecule has 0 aliphatic carbocycles. The van der Waals surface area contributed by atoms with Crippen LogP contribution in [0.5, 0.6) is 0 Å². The van der Waals surface area contributed by atoms with Crippen LogP contribution >= 0.6 is 0 Å². The molecule has 1 heterocycles. The average molecular weight is 894 g/mol. The number of aliphatic hydroxyl groups is 5. The van der Waals surface area contributed by atoms with E-state index >= 15 is 0 Å². The molecule has 11 heteroatoms. The zero-order valence-electron chi connectivity index (χ0n) is 40.0. The molecule has 6 N–H and O–H groups in total. The van der Waals surface area contributed by atoms with E-state index < -0.39 is 49.5 Å². The second-order valence-corrected chi connectivity index (χ2v) is 17.9. The minimum atomic E-state index is -1.58. The maximum atomic E-state index is 12.9. The summed E-state index contributed by atoms with van der Waals surface area (Å²) in [5.74, 6) is -0.242. The summed E-state index contributed by atoms with van der Waals surface area (Å²) >= 11 is 0. The van der Waals surface area contributed by atoms with Gasteiger partial charge in [0.25, 0.3) is 0 Å². The van der Waals surface area contributed by atoms with E-state index in [0.717, 1.165) is 83.5 Å². The van der Waals surface area contributed by atoms with E-state index in [9.17, 15) is 35.1 Å². The number of hydrogen-bond acceptors (Lipinski definition) is 10. The largest absolute Gasteiger partial charge is 0.466 e. The highest BCUT2D eigenvalue weighted by atomic mass is 16.7. The summed E-state index contributed by atoms with van der Waals surface area (Å²) in [6.07, 6.45) is 39.5. The maximum absolute atomic E-state index is 12.9. The van der Waals surface area contributed by atoms with Crippen molar-refractivity contribution in [1.29, 1.82) is 0 Å². The van der Waals surface area contributed by atoms with Crippen molar-refractivity contribution in [2.75, 3.05) is 19.8 Å². The van der Waals surface area contributed by atoms with E-state index in [4.69, 9.17) is 14.2 Å². The van der Waals surface area contributed by atoms with E-state index in [1.807, 2.05) is 6.08 Å². The Kier molecular flexibility index (Phi) is 39.7. The monoisotopic (exact) mass is 894 g/mol. The van der Waals surface area contributed by atoms with Crippen molar-refractivity contribution >= 4 is 11.9 Å². The molecule has 7 atom stereocenters. The molecule has 11 nitrogen and oxygen atoms in total. The lowest BCUT2D eigenvalue weighted by Crippen LogP contribution is -2.60. The molecule has 368 valence electrons. The molecular weight excluding hydrogens is 799 g/mol. The van der Waals surface area contributed by atoms with Gasteiger partial charge in [0.15, 0.2) is 6.29 Å². The summed E-state index contributed by atoms with van der Waals surface area (Å²) in [5, 5.41) is 54.0. The van der Waals surface area contributed by atoms with E-state index in [0.29, 0.717) is 19.4 Å². The number of carbonyl (C=O) groups excluding carboxylic acids is 2. The number of carbonyl (C=O) groups is 2. The molecule has 1 amide bonds. The van der Waals surface area contributed by atoms with Gasteiger partial charge in [-0.1, -0.05) is 172 Å². The molecule has 1 saturated heterocycles. The molecule has 0 aromatic carbocycles. The Bertz CT molecular complexity index is 1150. The van der Waals surface area contributed by atoms with Gasteiger partial charge < -0.3 is 45.1 Å². The molecule has 0 spiro atoms. The Hall–Kier alpha value is -2.12. The number of rotatable bonds is 43. The highest BCUT2D eigenvalue weighted by molar-refractivity contribution is 5.76. The first-order valence-corrected chi connectivity index (χ1v) is 25.8. The molecular formula is C52H95NO10. The minimum absolute atomic E-state index is 0.0315. The number of unbranched alkanes of at least 4 members (excludes halogenated alkanes) is 25. The average Bonchev–Trinajstić information content (AvgIpc) is 3.28. The smallest absolute Gasteiger partial charge is 0.305 e. The van der Waals surface area contributed by atoms with Crippen LogP contribution in [0.2, 0.25) is 0 Å². The number of nitrogens with one attached hydrogen (secondary N) is 1. The quantitative estimate of drug-likeness (QED) is 0.0196. The summed E-state index contributed by atoms with van der Waals surface area (Å²) in [4.78, 5) is 24.9. The van der Waals surface area contributed by atoms with Crippen LogP contribution in [0, 0.1) is 0 Å².